The summed E-state index contributed by atoms with van der Waals surface area (Å²) in [7, 11) is 0. The van der Waals surface area contributed by atoms with Crippen LogP contribution in [0.2, 0.25) is 0 Å². The van der Waals surface area contributed by atoms with E-state index in [0.717, 1.165) is 23.1 Å². The van der Waals surface area contributed by atoms with Gasteiger partial charge in [-0.25, -0.2) is 4.79 Å². The van der Waals surface area contributed by atoms with Crippen LogP contribution in [0.3, 0.4) is 0 Å². The van der Waals surface area contributed by atoms with Crippen molar-refractivity contribution in [3.05, 3.63) is 34.2 Å². The van der Waals surface area contributed by atoms with Crippen molar-refractivity contribution in [2.45, 2.75) is 19.9 Å². The van der Waals surface area contributed by atoms with E-state index in [0.29, 0.717) is 5.92 Å². The van der Waals surface area contributed by atoms with Crippen LogP contribution in [0.25, 0.3) is 11.0 Å². The number of benzene rings is 1. The Hall–Kier alpha value is -1.16. The highest BCUT2D eigenvalue weighted by molar-refractivity contribution is 7.99. The molecule has 3 nitrogen and oxygen atoms in total. The summed E-state index contributed by atoms with van der Waals surface area (Å²) in [6.07, 6.45) is 1.23. The van der Waals surface area contributed by atoms with Crippen LogP contribution in [0.5, 0.6) is 0 Å². The van der Waals surface area contributed by atoms with Crippen molar-refractivity contribution in [3.63, 3.8) is 0 Å². The zero-order chi connectivity index (χ0) is 11.8. The highest BCUT2D eigenvalue weighted by Gasteiger charge is 2.18. The molecule has 1 saturated heterocycles. The fourth-order valence-corrected chi connectivity index (χ4v) is 3.76. The first kappa shape index (κ1) is 11.0. The molecule has 1 fully saturated rings. The van der Waals surface area contributed by atoms with E-state index in [1.54, 1.807) is 0 Å². The third-order valence-corrected chi connectivity index (χ3v) is 4.71. The second-order valence-electron chi connectivity index (χ2n) is 4.74. The SMILES string of the molecule is Cc1cccc2c1[nH]c(=O)n2CC1CCSC1. The Kier molecular flexibility index (Phi) is 2.74. The van der Waals surface area contributed by atoms with E-state index < -0.39 is 0 Å². The first-order valence-electron chi connectivity index (χ1n) is 6.01. The number of imidazole rings is 1. The lowest BCUT2D eigenvalue weighted by molar-refractivity contribution is 0.492. The zero-order valence-electron chi connectivity index (χ0n) is 9.90. The maximum atomic E-state index is 12.0. The molecule has 1 atom stereocenters. The Labute approximate surface area is 104 Å². The monoisotopic (exact) mass is 248 g/mol. The van der Waals surface area contributed by atoms with Crippen molar-refractivity contribution in [2.24, 2.45) is 5.92 Å². The van der Waals surface area contributed by atoms with Gasteiger partial charge in [-0.05, 0) is 42.4 Å². The maximum absolute atomic E-state index is 12.0. The molecule has 0 bridgehead atoms. The zero-order valence-corrected chi connectivity index (χ0v) is 10.7. The Morgan fingerprint density at radius 2 is 2.41 bits per heavy atom. The summed E-state index contributed by atoms with van der Waals surface area (Å²) in [4.78, 5) is 14.9. The summed E-state index contributed by atoms with van der Waals surface area (Å²) in [5.74, 6) is 3.07. The fraction of sp³-hybridized carbons (Fsp3) is 0.462. The van der Waals surface area contributed by atoms with Crippen LogP contribution in [-0.2, 0) is 6.54 Å². The van der Waals surface area contributed by atoms with Gasteiger partial charge in [0.15, 0.2) is 0 Å². The van der Waals surface area contributed by atoms with E-state index in [1.165, 1.54) is 17.9 Å². The van der Waals surface area contributed by atoms with Gasteiger partial charge >= 0.3 is 5.69 Å². The number of aromatic amines is 1. The van der Waals surface area contributed by atoms with Crippen molar-refractivity contribution in [1.82, 2.24) is 9.55 Å². The van der Waals surface area contributed by atoms with Gasteiger partial charge in [0.2, 0.25) is 0 Å². The van der Waals surface area contributed by atoms with Crippen molar-refractivity contribution < 1.29 is 0 Å². The maximum Gasteiger partial charge on any atom is 0.326 e. The lowest BCUT2D eigenvalue weighted by atomic mass is 10.1. The number of fused-ring (bicyclic) bond motifs is 1. The molecular weight excluding hydrogens is 232 g/mol. The summed E-state index contributed by atoms with van der Waals surface area (Å²) >= 11 is 1.99. The molecule has 17 heavy (non-hydrogen) atoms. The summed E-state index contributed by atoms with van der Waals surface area (Å²) < 4.78 is 1.90. The third kappa shape index (κ3) is 1.90. The lowest BCUT2D eigenvalue weighted by Gasteiger charge is -2.09. The standard InChI is InChI=1S/C13H16N2OS/c1-9-3-2-4-11-12(9)14-13(16)15(11)7-10-5-6-17-8-10/h2-4,10H,5-8H2,1H3,(H,14,16). The average molecular weight is 248 g/mol. The van der Waals surface area contributed by atoms with Gasteiger partial charge in [0.05, 0.1) is 11.0 Å². The van der Waals surface area contributed by atoms with Crippen LogP contribution in [-0.4, -0.2) is 21.1 Å². The molecule has 0 aliphatic carbocycles. The topological polar surface area (TPSA) is 37.8 Å². The number of aromatic nitrogens is 2. The molecule has 0 radical (unpaired) electrons. The van der Waals surface area contributed by atoms with Crippen molar-refractivity contribution in [1.29, 1.82) is 0 Å². The molecular formula is C13H16N2OS. The Morgan fingerprint density at radius 1 is 1.53 bits per heavy atom. The minimum absolute atomic E-state index is 0.0335. The molecule has 1 unspecified atom stereocenters. The first-order chi connectivity index (χ1) is 8.25. The molecule has 0 amide bonds. The van der Waals surface area contributed by atoms with Gasteiger partial charge in [-0.1, -0.05) is 12.1 Å². The van der Waals surface area contributed by atoms with Crippen molar-refractivity contribution >= 4 is 22.8 Å². The molecule has 4 heteroatoms. The molecule has 3 rings (SSSR count). The number of hydrogen-bond donors (Lipinski definition) is 1. The van der Waals surface area contributed by atoms with Crippen LogP contribution in [0.1, 0.15) is 12.0 Å². The van der Waals surface area contributed by atoms with Crippen LogP contribution < -0.4 is 5.69 Å². The molecule has 1 aromatic heterocycles. The van der Waals surface area contributed by atoms with Gasteiger partial charge in [0.1, 0.15) is 0 Å². The van der Waals surface area contributed by atoms with Crippen molar-refractivity contribution in [2.75, 3.05) is 11.5 Å². The molecule has 1 N–H and O–H groups in total. The van der Waals surface area contributed by atoms with Gasteiger partial charge in [-0.2, -0.15) is 11.8 Å². The summed E-state index contributed by atoms with van der Waals surface area (Å²) in [6.45, 7) is 2.89. The smallest absolute Gasteiger partial charge is 0.305 e. The Bertz CT molecular complexity index is 593. The Morgan fingerprint density at radius 3 is 3.18 bits per heavy atom. The Balaban J connectivity index is 2.06. The number of thioether (sulfide) groups is 1. The second kappa shape index (κ2) is 4.26. The fourth-order valence-electron chi connectivity index (χ4n) is 2.49. The van der Waals surface area contributed by atoms with Crippen LogP contribution in [0.15, 0.2) is 23.0 Å². The number of H-pyrrole nitrogens is 1. The number of para-hydroxylation sites is 1. The summed E-state index contributed by atoms with van der Waals surface area (Å²) in [5, 5.41) is 0. The minimum atomic E-state index is 0.0335. The van der Waals surface area contributed by atoms with Gasteiger partial charge in [0, 0.05) is 6.54 Å². The van der Waals surface area contributed by atoms with Crippen LogP contribution >= 0.6 is 11.8 Å². The normalized spacial score (nSPS) is 20.2. The predicted octanol–water partition coefficient (Wildman–Crippen LogP) is 2.39. The highest BCUT2D eigenvalue weighted by atomic mass is 32.2. The predicted molar refractivity (Wildman–Crippen MR) is 72.7 cm³/mol. The molecule has 2 heterocycles. The molecule has 0 spiro atoms. The second-order valence-corrected chi connectivity index (χ2v) is 5.89. The van der Waals surface area contributed by atoms with Crippen molar-refractivity contribution in [3.8, 4) is 0 Å². The number of hydrogen-bond acceptors (Lipinski definition) is 2. The quantitative estimate of drug-likeness (QED) is 0.886. The molecule has 1 aliphatic heterocycles. The molecule has 2 aromatic rings. The van der Waals surface area contributed by atoms with Gasteiger partial charge < -0.3 is 4.98 Å². The molecule has 1 aromatic carbocycles. The number of aryl methyl sites for hydroxylation is 1. The minimum Gasteiger partial charge on any atom is -0.305 e. The van der Waals surface area contributed by atoms with Gasteiger partial charge in [-0.3, -0.25) is 4.57 Å². The van der Waals surface area contributed by atoms with Gasteiger partial charge in [0.25, 0.3) is 0 Å². The molecule has 90 valence electrons. The van der Waals surface area contributed by atoms with Crippen LogP contribution in [0.4, 0.5) is 0 Å². The van der Waals surface area contributed by atoms with Crippen LogP contribution in [0, 0.1) is 12.8 Å². The lowest BCUT2D eigenvalue weighted by Crippen LogP contribution is -2.21. The summed E-state index contributed by atoms with van der Waals surface area (Å²) in [5.41, 5.74) is 3.21. The van der Waals surface area contributed by atoms with E-state index in [2.05, 4.69) is 4.98 Å². The highest BCUT2D eigenvalue weighted by Crippen LogP contribution is 2.25. The third-order valence-electron chi connectivity index (χ3n) is 3.48. The van der Waals surface area contributed by atoms with E-state index in [1.807, 2.05) is 41.5 Å². The van der Waals surface area contributed by atoms with E-state index >= 15 is 0 Å². The molecule has 0 saturated carbocycles. The van der Waals surface area contributed by atoms with E-state index in [-0.39, 0.29) is 5.69 Å². The number of nitrogens with zero attached hydrogens (tertiary/aromatic N) is 1. The van der Waals surface area contributed by atoms with E-state index in [4.69, 9.17) is 0 Å². The van der Waals surface area contributed by atoms with E-state index in [9.17, 15) is 4.79 Å². The largest absolute Gasteiger partial charge is 0.326 e. The summed E-state index contributed by atoms with van der Waals surface area (Å²) in [6, 6.07) is 6.08. The van der Waals surface area contributed by atoms with Gasteiger partial charge in [-0.15, -0.1) is 0 Å². The number of rotatable bonds is 2. The average Bonchev–Trinajstić information content (AvgIpc) is 2.91. The first-order valence-corrected chi connectivity index (χ1v) is 7.17. The number of nitrogens with one attached hydrogen (secondary N) is 1. The molecule has 1 aliphatic rings.